The summed E-state index contributed by atoms with van der Waals surface area (Å²) in [6.45, 7) is 0.628. The lowest BCUT2D eigenvalue weighted by atomic mass is 9.89. The monoisotopic (exact) mass is 203 g/mol. The van der Waals surface area contributed by atoms with E-state index in [0.717, 1.165) is 6.42 Å². The maximum absolute atomic E-state index is 5.93. The van der Waals surface area contributed by atoms with Crippen LogP contribution in [0, 0.1) is 0 Å². The number of aryl methyl sites for hydroxylation is 1. The quantitative estimate of drug-likeness (QED) is 0.755. The van der Waals surface area contributed by atoms with Crippen LogP contribution in [0.15, 0.2) is 12.1 Å². The maximum Gasteiger partial charge on any atom is 0.126 e. The zero-order valence-corrected chi connectivity index (χ0v) is 8.96. The summed E-state index contributed by atoms with van der Waals surface area (Å²) in [5.41, 5.74) is 10.00. The molecule has 0 spiro atoms. The van der Waals surface area contributed by atoms with Crippen molar-refractivity contribution in [1.82, 2.24) is 0 Å². The highest BCUT2D eigenvalue weighted by Crippen LogP contribution is 2.37. The molecule has 2 N–H and O–H groups in total. The minimum absolute atomic E-state index is 0.216. The van der Waals surface area contributed by atoms with Gasteiger partial charge in [0, 0.05) is 13.0 Å². The van der Waals surface area contributed by atoms with Crippen molar-refractivity contribution in [2.45, 2.75) is 38.2 Å². The van der Waals surface area contributed by atoms with Gasteiger partial charge in [-0.3, -0.25) is 0 Å². The lowest BCUT2D eigenvalue weighted by Gasteiger charge is -2.18. The van der Waals surface area contributed by atoms with Crippen LogP contribution in [0.1, 0.15) is 29.5 Å². The molecule has 1 atom stereocenters. The van der Waals surface area contributed by atoms with E-state index < -0.39 is 0 Å². The number of nitrogens with two attached hydrogens (primary N) is 1. The van der Waals surface area contributed by atoms with E-state index in [1.807, 2.05) is 0 Å². The van der Waals surface area contributed by atoms with E-state index in [2.05, 4.69) is 12.1 Å². The van der Waals surface area contributed by atoms with Gasteiger partial charge < -0.3 is 10.5 Å². The Hall–Kier alpha value is -1.02. The number of hydrogen-bond acceptors (Lipinski definition) is 2. The fraction of sp³-hybridized carbons (Fsp3) is 0.538. The van der Waals surface area contributed by atoms with Gasteiger partial charge in [0.15, 0.2) is 0 Å². The average molecular weight is 203 g/mol. The van der Waals surface area contributed by atoms with Crippen molar-refractivity contribution in [3.63, 3.8) is 0 Å². The third kappa shape index (κ3) is 1.44. The van der Waals surface area contributed by atoms with Gasteiger partial charge >= 0.3 is 0 Å². The highest BCUT2D eigenvalue weighted by Gasteiger charge is 2.26. The number of hydrogen-bond donors (Lipinski definition) is 1. The Labute approximate surface area is 90.4 Å². The standard InChI is InChI=1S/C13H17NO/c14-8-11-7-10-6-5-9-3-1-2-4-12(9)13(10)15-11/h5-6,11H,1-4,7-8,14H2/t11-/m1/s1. The molecule has 0 bridgehead atoms. The van der Waals surface area contributed by atoms with E-state index in [1.165, 1.54) is 48.1 Å². The molecule has 15 heavy (non-hydrogen) atoms. The van der Waals surface area contributed by atoms with Crippen molar-refractivity contribution in [2.24, 2.45) is 5.73 Å². The predicted octanol–water partition coefficient (Wildman–Crippen LogP) is 1.83. The third-order valence-electron chi connectivity index (χ3n) is 3.56. The Bertz CT molecular complexity index is 386. The maximum atomic E-state index is 5.93. The minimum atomic E-state index is 0.216. The molecule has 2 aliphatic rings. The van der Waals surface area contributed by atoms with Gasteiger partial charge in [0.05, 0.1) is 0 Å². The Morgan fingerprint density at radius 3 is 2.87 bits per heavy atom. The van der Waals surface area contributed by atoms with E-state index in [9.17, 15) is 0 Å². The number of fused-ring (bicyclic) bond motifs is 3. The summed E-state index contributed by atoms with van der Waals surface area (Å²) in [5.74, 6) is 1.17. The van der Waals surface area contributed by atoms with Crippen LogP contribution in [-0.2, 0) is 19.3 Å². The minimum Gasteiger partial charge on any atom is -0.488 e. The highest BCUT2D eigenvalue weighted by atomic mass is 16.5. The summed E-state index contributed by atoms with van der Waals surface area (Å²) in [6.07, 6.45) is 6.26. The topological polar surface area (TPSA) is 35.2 Å². The first kappa shape index (κ1) is 9.22. The molecule has 0 amide bonds. The number of ether oxygens (including phenoxy) is 1. The van der Waals surface area contributed by atoms with E-state index in [-0.39, 0.29) is 6.10 Å². The van der Waals surface area contributed by atoms with Crippen LogP contribution in [0.2, 0.25) is 0 Å². The molecule has 2 heteroatoms. The molecule has 0 radical (unpaired) electrons. The SMILES string of the molecule is NC[C@H]1Cc2ccc3c(c2O1)CCCC3. The summed E-state index contributed by atoms with van der Waals surface area (Å²) in [6, 6.07) is 4.52. The smallest absolute Gasteiger partial charge is 0.126 e. The van der Waals surface area contributed by atoms with Gasteiger partial charge in [-0.15, -0.1) is 0 Å². The Morgan fingerprint density at radius 1 is 1.20 bits per heavy atom. The van der Waals surface area contributed by atoms with Crippen molar-refractivity contribution >= 4 is 0 Å². The molecule has 3 rings (SSSR count). The number of benzene rings is 1. The van der Waals surface area contributed by atoms with Crippen molar-refractivity contribution in [3.05, 3.63) is 28.8 Å². The molecule has 0 unspecified atom stereocenters. The summed E-state index contributed by atoms with van der Waals surface area (Å²) >= 11 is 0. The lowest BCUT2D eigenvalue weighted by molar-refractivity contribution is 0.238. The average Bonchev–Trinajstić information content (AvgIpc) is 2.72. The van der Waals surface area contributed by atoms with E-state index in [0.29, 0.717) is 6.54 Å². The molecular weight excluding hydrogens is 186 g/mol. The first-order chi connectivity index (χ1) is 7.38. The van der Waals surface area contributed by atoms with Crippen LogP contribution in [0.3, 0.4) is 0 Å². The molecular formula is C13H17NO. The predicted molar refractivity (Wildman–Crippen MR) is 60.3 cm³/mol. The van der Waals surface area contributed by atoms with Crippen LogP contribution >= 0.6 is 0 Å². The van der Waals surface area contributed by atoms with Crippen molar-refractivity contribution < 1.29 is 4.74 Å². The third-order valence-corrected chi connectivity index (χ3v) is 3.56. The van der Waals surface area contributed by atoms with E-state index in [1.54, 1.807) is 0 Å². The fourth-order valence-corrected chi connectivity index (χ4v) is 2.74. The largest absolute Gasteiger partial charge is 0.488 e. The van der Waals surface area contributed by atoms with Crippen LogP contribution in [-0.4, -0.2) is 12.6 Å². The Balaban J connectivity index is 2.02. The summed E-state index contributed by atoms with van der Waals surface area (Å²) in [4.78, 5) is 0. The second-order valence-corrected chi connectivity index (χ2v) is 4.58. The van der Waals surface area contributed by atoms with Gasteiger partial charge in [-0.05, 0) is 42.4 Å². The molecule has 1 heterocycles. The molecule has 0 saturated carbocycles. The van der Waals surface area contributed by atoms with Crippen LogP contribution in [0.4, 0.5) is 0 Å². The van der Waals surface area contributed by atoms with Crippen molar-refractivity contribution in [2.75, 3.05) is 6.54 Å². The van der Waals surface area contributed by atoms with Crippen molar-refractivity contribution in [3.8, 4) is 5.75 Å². The molecule has 1 aliphatic heterocycles. The second-order valence-electron chi connectivity index (χ2n) is 4.58. The second kappa shape index (κ2) is 3.53. The summed E-state index contributed by atoms with van der Waals surface area (Å²) in [7, 11) is 0. The molecule has 0 saturated heterocycles. The normalized spacial score (nSPS) is 23.1. The van der Waals surface area contributed by atoms with E-state index >= 15 is 0 Å². The van der Waals surface area contributed by atoms with Crippen LogP contribution in [0.5, 0.6) is 5.75 Å². The summed E-state index contributed by atoms with van der Waals surface area (Å²) < 4.78 is 5.93. The van der Waals surface area contributed by atoms with Crippen LogP contribution in [0.25, 0.3) is 0 Å². The van der Waals surface area contributed by atoms with Gasteiger partial charge in [-0.1, -0.05) is 12.1 Å². The first-order valence-electron chi connectivity index (χ1n) is 5.89. The van der Waals surface area contributed by atoms with Crippen LogP contribution < -0.4 is 10.5 Å². The zero-order chi connectivity index (χ0) is 10.3. The van der Waals surface area contributed by atoms with E-state index in [4.69, 9.17) is 10.5 Å². The van der Waals surface area contributed by atoms with Gasteiger partial charge in [0.2, 0.25) is 0 Å². The van der Waals surface area contributed by atoms with Gasteiger partial charge in [-0.25, -0.2) is 0 Å². The zero-order valence-electron chi connectivity index (χ0n) is 8.96. The molecule has 0 aromatic heterocycles. The van der Waals surface area contributed by atoms with Gasteiger partial charge in [-0.2, -0.15) is 0 Å². The van der Waals surface area contributed by atoms with Gasteiger partial charge in [0.25, 0.3) is 0 Å². The summed E-state index contributed by atoms with van der Waals surface area (Å²) in [5, 5.41) is 0. The molecule has 0 fully saturated rings. The molecule has 1 aromatic rings. The number of rotatable bonds is 1. The molecule has 1 aliphatic carbocycles. The Kier molecular flexibility index (Phi) is 2.17. The molecule has 80 valence electrons. The first-order valence-corrected chi connectivity index (χ1v) is 5.89. The lowest BCUT2D eigenvalue weighted by Crippen LogP contribution is -2.24. The Morgan fingerprint density at radius 2 is 2.00 bits per heavy atom. The highest BCUT2D eigenvalue weighted by molar-refractivity contribution is 5.50. The molecule has 1 aromatic carbocycles. The molecule has 2 nitrogen and oxygen atoms in total. The van der Waals surface area contributed by atoms with Gasteiger partial charge in [0.1, 0.15) is 11.9 Å². The van der Waals surface area contributed by atoms with Crippen molar-refractivity contribution in [1.29, 1.82) is 0 Å². The fourth-order valence-electron chi connectivity index (χ4n) is 2.74.